The monoisotopic (exact) mass is 369 g/mol. The summed E-state index contributed by atoms with van der Waals surface area (Å²) in [6.07, 6.45) is 1.60. The van der Waals surface area contributed by atoms with Crippen LogP contribution in [0.1, 0.15) is 43.1 Å². The van der Waals surface area contributed by atoms with Gasteiger partial charge in [0.05, 0.1) is 18.8 Å². The fraction of sp³-hybridized carbons (Fsp3) is 0.400. The van der Waals surface area contributed by atoms with Gasteiger partial charge in [0, 0.05) is 23.9 Å². The molecule has 0 spiro atoms. The molecule has 0 fully saturated rings. The van der Waals surface area contributed by atoms with Crippen LogP contribution in [-0.2, 0) is 13.0 Å². The number of aromatic amines is 2. The van der Waals surface area contributed by atoms with Crippen molar-refractivity contribution in [3.05, 3.63) is 61.9 Å². The Morgan fingerprint density at radius 3 is 2.74 bits per heavy atom. The van der Waals surface area contributed by atoms with Crippen LogP contribution >= 0.6 is 0 Å². The lowest BCUT2D eigenvalue weighted by atomic mass is 9.93. The smallest absolute Gasteiger partial charge is 0.331 e. The van der Waals surface area contributed by atoms with E-state index in [0.29, 0.717) is 13.0 Å². The molecular weight excluding hydrogens is 344 g/mol. The van der Waals surface area contributed by atoms with Gasteiger partial charge >= 0.3 is 5.69 Å². The first-order valence-corrected chi connectivity index (χ1v) is 9.56. The second kappa shape index (κ2) is 6.74. The van der Waals surface area contributed by atoms with E-state index >= 15 is 0 Å². The van der Waals surface area contributed by atoms with Gasteiger partial charge in [-0.1, -0.05) is 25.1 Å². The second-order valence-electron chi connectivity index (χ2n) is 7.16. The number of nitrogens with zero attached hydrogens (tertiary/aromatic N) is 1. The minimum Gasteiger partial charge on any atom is -0.494 e. The van der Waals surface area contributed by atoms with Gasteiger partial charge in [-0.25, -0.2) is 4.79 Å². The van der Waals surface area contributed by atoms with Crippen LogP contribution in [0.4, 0.5) is 0 Å². The van der Waals surface area contributed by atoms with Gasteiger partial charge in [-0.05, 0) is 25.0 Å². The van der Waals surface area contributed by atoms with Crippen LogP contribution in [0.5, 0.6) is 5.88 Å². The summed E-state index contributed by atoms with van der Waals surface area (Å²) in [4.78, 5) is 32.0. The third kappa shape index (κ3) is 2.70. The number of hydrogen-bond donors (Lipinski definition) is 4. The first-order chi connectivity index (χ1) is 13.1. The Morgan fingerprint density at radius 1 is 1.22 bits per heavy atom. The Morgan fingerprint density at radius 2 is 2.00 bits per heavy atom. The SMILES string of the molecule is CCCn1c(O)c([C@H]2c3[nH]c4ccccc4c3CC[NH+]2CC)c(=O)[nH]c1=O. The van der Waals surface area contributed by atoms with E-state index < -0.39 is 11.2 Å². The summed E-state index contributed by atoms with van der Waals surface area (Å²) in [6, 6.07) is 7.77. The number of aromatic hydroxyl groups is 1. The van der Waals surface area contributed by atoms with Crippen molar-refractivity contribution in [1.29, 1.82) is 0 Å². The fourth-order valence-corrected chi connectivity index (χ4v) is 4.37. The molecule has 2 aromatic heterocycles. The lowest BCUT2D eigenvalue weighted by Crippen LogP contribution is -3.13. The second-order valence-corrected chi connectivity index (χ2v) is 7.16. The summed E-state index contributed by atoms with van der Waals surface area (Å²) < 4.78 is 1.26. The molecule has 1 unspecified atom stereocenters. The largest absolute Gasteiger partial charge is 0.494 e. The molecule has 0 saturated heterocycles. The van der Waals surface area contributed by atoms with Gasteiger partial charge in [0.15, 0.2) is 6.04 Å². The van der Waals surface area contributed by atoms with Crippen LogP contribution < -0.4 is 16.1 Å². The summed E-state index contributed by atoms with van der Waals surface area (Å²) in [6.45, 7) is 6.04. The summed E-state index contributed by atoms with van der Waals surface area (Å²) in [7, 11) is 0. The first kappa shape index (κ1) is 17.6. The van der Waals surface area contributed by atoms with E-state index in [1.165, 1.54) is 15.0 Å². The standard InChI is InChI=1S/C20H24N4O3/c1-3-10-24-19(26)15(18(25)22-20(24)27)17-16-13(9-11-23(17)4-2)12-7-5-6-8-14(12)21-16/h5-8,17,21,26H,3-4,9-11H2,1-2H3,(H,22,25,27)/p+1/t17-/m0/s1. The molecule has 4 N–H and O–H groups in total. The number of fused-ring (bicyclic) bond motifs is 3. The summed E-state index contributed by atoms with van der Waals surface area (Å²) >= 11 is 0. The van der Waals surface area contributed by atoms with E-state index in [1.807, 2.05) is 25.1 Å². The van der Waals surface area contributed by atoms with Crippen molar-refractivity contribution >= 4 is 10.9 Å². The molecule has 0 bridgehead atoms. The van der Waals surface area contributed by atoms with E-state index in [-0.39, 0.29) is 17.5 Å². The summed E-state index contributed by atoms with van der Waals surface area (Å²) in [5.74, 6) is -0.215. The Bertz CT molecular complexity index is 1110. The highest BCUT2D eigenvalue weighted by Gasteiger charge is 2.38. The molecule has 27 heavy (non-hydrogen) atoms. The predicted octanol–water partition coefficient (Wildman–Crippen LogP) is 0.684. The minimum absolute atomic E-state index is 0.215. The Balaban J connectivity index is 1.99. The van der Waals surface area contributed by atoms with Gasteiger partial charge in [0.2, 0.25) is 5.88 Å². The summed E-state index contributed by atoms with van der Waals surface area (Å²) in [5, 5.41) is 12.0. The van der Waals surface area contributed by atoms with Crippen LogP contribution in [-0.4, -0.2) is 32.7 Å². The van der Waals surface area contributed by atoms with Crippen molar-refractivity contribution in [2.75, 3.05) is 13.1 Å². The van der Waals surface area contributed by atoms with Crippen LogP contribution in [0.25, 0.3) is 10.9 Å². The zero-order valence-electron chi connectivity index (χ0n) is 15.6. The van der Waals surface area contributed by atoms with Gasteiger partial charge < -0.3 is 15.0 Å². The Kier molecular flexibility index (Phi) is 4.39. The zero-order chi connectivity index (χ0) is 19.1. The molecule has 0 aliphatic carbocycles. The molecule has 142 valence electrons. The molecule has 7 heteroatoms. The van der Waals surface area contributed by atoms with E-state index in [0.717, 1.165) is 36.1 Å². The number of rotatable bonds is 4. The van der Waals surface area contributed by atoms with Crippen LogP contribution in [0.3, 0.4) is 0 Å². The topological polar surface area (TPSA) is 95.3 Å². The van der Waals surface area contributed by atoms with E-state index in [9.17, 15) is 14.7 Å². The van der Waals surface area contributed by atoms with Gasteiger partial charge in [-0.15, -0.1) is 0 Å². The zero-order valence-corrected chi connectivity index (χ0v) is 15.6. The van der Waals surface area contributed by atoms with Crippen LogP contribution in [0.2, 0.25) is 0 Å². The molecule has 1 aliphatic rings. The maximum atomic E-state index is 12.7. The molecule has 3 aromatic rings. The molecule has 0 amide bonds. The maximum absolute atomic E-state index is 12.7. The normalized spacial score (nSPS) is 19.3. The maximum Gasteiger partial charge on any atom is 0.331 e. The highest BCUT2D eigenvalue weighted by atomic mass is 16.3. The number of H-pyrrole nitrogens is 2. The highest BCUT2D eigenvalue weighted by molar-refractivity contribution is 5.85. The van der Waals surface area contributed by atoms with Gasteiger partial charge in [0.25, 0.3) is 5.56 Å². The average molecular weight is 369 g/mol. The van der Waals surface area contributed by atoms with E-state index in [2.05, 4.69) is 23.0 Å². The van der Waals surface area contributed by atoms with Crippen LogP contribution in [0, 0.1) is 0 Å². The predicted molar refractivity (Wildman–Crippen MR) is 103 cm³/mol. The van der Waals surface area contributed by atoms with Crippen molar-refractivity contribution in [1.82, 2.24) is 14.5 Å². The van der Waals surface area contributed by atoms with E-state index in [4.69, 9.17) is 0 Å². The first-order valence-electron chi connectivity index (χ1n) is 9.56. The van der Waals surface area contributed by atoms with Gasteiger partial charge in [-0.2, -0.15) is 0 Å². The Hall–Kier alpha value is -2.80. The molecule has 1 aromatic carbocycles. The third-order valence-electron chi connectivity index (χ3n) is 5.64. The van der Waals surface area contributed by atoms with Crippen molar-refractivity contribution < 1.29 is 10.0 Å². The molecule has 2 atom stereocenters. The average Bonchev–Trinajstić information content (AvgIpc) is 3.04. The quantitative estimate of drug-likeness (QED) is 0.545. The lowest BCUT2D eigenvalue weighted by molar-refractivity contribution is -0.926. The number of benzene rings is 1. The van der Waals surface area contributed by atoms with Gasteiger partial charge in [0.1, 0.15) is 5.56 Å². The molecule has 7 nitrogen and oxygen atoms in total. The molecule has 0 radical (unpaired) electrons. The minimum atomic E-state index is -0.561. The number of nitrogens with one attached hydrogen (secondary N) is 3. The number of para-hydroxylation sites is 1. The molecule has 1 aliphatic heterocycles. The van der Waals surface area contributed by atoms with Crippen molar-refractivity contribution in [3.63, 3.8) is 0 Å². The van der Waals surface area contributed by atoms with E-state index in [1.54, 1.807) is 0 Å². The number of likely N-dealkylation sites (N-methyl/N-ethyl adjacent to an activating group) is 1. The fourth-order valence-electron chi connectivity index (χ4n) is 4.37. The highest BCUT2D eigenvalue weighted by Crippen LogP contribution is 2.32. The molecule has 4 rings (SSSR count). The lowest BCUT2D eigenvalue weighted by Gasteiger charge is -2.32. The molecular formula is C20H25N4O3+. The van der Waals surface area contributed by atoms with Crippen molar-refractivity contribution in [3.8, 4) is 5.88 Å². The Labute approximate surface area is 156 Å². The molecule has 3 heterocycles. The number of aromatic nitrogens is 3. The number of quaternary nitrogens is 1. The van der Waals surface area contributed by atoms with Crippen LogP contribution in [0.15, 0.2) is 33.9 Å². The molecule has 0 saturated carbocycles. The number of hydrogen-bond acceptors (Lipinski definition) is 3. The third-order valence-corrected chi connectivity index (χ3v) is 5.64. The summed E-state index contributed by atoms with van der Waals surface area (Å²) in [5.41, 5.74) is 2.39. The van der Waals surface area contributed by atoms with Gasteiger partial charge in [-0.3, -0.25) is 14.3 Å². The van der Waals surface area contributed by atoms with Crippen molar-refractivity contribution in [2.45, 2.75) is 39.3 Å². The van der Waals surface area contributed by atoms with Crippen molar-refractivity contribution in [2.24, 2.45) is 0 Å².